The van der Waals surface area contributed by atoms with Crippen LogP contribution in [0.5, 0.6) is 0 Å². The standard InChI is InChI=1S/C13H22N2O3/c1-5-13(6-2,12(16)17)8-14-7-11-9(3)15-18-10(11)4/h14H,5-8H2,1-4H3,(H,16,17). The number of nitrogens with zero attached hydrogens (tertiary/aromatic N) is 1. The Kier molecular flexibility index (Phi) is 4.90. The molecule has 1 aromatic rings. The highest BCUT2D eigenvalue weighted by Gasteiger charge is 2.34. The molecule has 5 nitrogen and oxygen atoms in total. The lowest BCUT2D eigenvalue weighted by Crippen LogP contribution is -2.40. The van der Waals surface area contributed by atoms with Crippen LogP contribution in [0, 0.1) is 19.3 Å². The number of aromatic nitrogens is 1. The third-order valence-corrected chi connectivity index (χ3v) is 3.75. The normalized spacial score (nSPS) is 11.8. The number of rotatable bonds is 7. The SMILES string of the molecule is CCC(CC)(CNCc1c(C)noc1C)C(=O)O. The molecule has 18 heavy (non-hydrogen) atoms. The van der Waals surface area contributed by atoms with E-state index in [2.05, 4.69) is 10.5 Å². The molecule has 2 N–H and O–H groups in total. The monoisotopic (exact) mass is 254 g/mol. The second-order valence-corrected chi connectivity index (χ2v) is 4.70. The zero-order valence-corrected chi connectivity index (χ0v) is 11.5. The van der Waals surface area contributed by atoms with Crippen LogP contribution in [-0.2, 0) is 11.3 Å². The molecule has 1 heterocycles. The fourth-order valence-corrected chi connectivity index (χ4v) is 2.06. The van der Waals surface area contributed by atoms with Gasteiger partial charge in [-0.05, 0) is 26.7 Å². The van der Waals surface area contributed by atoms with Crippen molar-refractivity contribution < 1.29 is 14.4 Å². The maximum atomic E-state index is 11.3. The average molecular weight is 254 g/mol. The number of hydrogen-bond donors (Lipinski definition) is 2. The van der Waals surface area contributed by atoms with E-state index in [1.807, 2.05) is 27.7 Å². The van der Waals surface area contributed by atoms with Gasteiger partial charge in [-0.1, -0.05) is 19.0 Å². The number of hydrogen-bond acceptors (Lipinski definition) is 4. The number of carbonyl (C=O) groups is 1. The lowest BCUT2D eigenvalue weighted by molar-refractivity contribution is -0.149. The summed E-state index contributed by atoms with van der Waals surface area (Å²) in [6, 6.07) is 0. The van der Waals surface area contributed by atoms with Crippen LogP contribution in [0.15, 0.2) is 4.52 Å². The molecule has 0 aromatic carbocycles. The Morgan fingerprint density at radius 2 is 2.00 bits per heavy atom. The van der Waals surface area contributed by atoms with Gasteiger partial charge in [-0.25, -0.2) is 0 Å². The van der Waals surface area contributed by atoms with Crippen molar-refractivity contribution in [2.45, 2.75) is 47.1 Å². The maximum Gasteiger partial charge on any atom is 0.310 e. The molecule has 0 radical (unpaired) electrons. The third-order valence-electron chi connectivity index (χ3n) is 3.75. The summed E-state index contributed by atoms with van der Waals surface area (Å²) < 4.78 is 5.07. The minimum absolute atomic E-state index is 0.458. The van der Waals surface area contributed by atoms with E-state index < -0.39 is 11.4 Å². The van der Waals surface area contributed by atoms with Crippen molar-refractivity contribution in [2.75, 3.05) is 6.54 Å². The van der Waals surface area contributed by atoms with Gasteiger partial charge in [0.2, 0.25) is 0 Å². The van der Waals surface area contributed by atoms with Crippen LogP contribution in [0.2, 0.25) is 0 Å². The minimum atomic E-state index is -0.737. The van der Waals surface area contributed by atoms with Gasteiger partial charge in [0, 0.05) is 18.7 Å². The van der Waals surface area contributed by atoms with E-state index in [4.69, 9.17) is 4.52 Å². The van der Waals surface area contributed by atoms with E-state index in [0.717, 1.165) is 17.0 Å². The Balaban J connectivity index is 2.62. The summed E-state index contributed by atoms with van der Waals surface area (Å²) in [5.41, 5.74) is 1.19. The summed E-state index contributed by atoms with van der Waals surface area (Å²) in [5.74, 6) is 0.0488. The average Bonchev–Trinajstić information content (AvgIpc) is 2.66. The van der Waals surface area contributed by atoms with E-state index in [0.29, 0.717) is 25.9 Å². The first-order valence-corrected chi connectivity index (χ1v) is 6.32. The second kappa shape index (κ2) is 6.00. The highest BCUT2D eigenvalue weighted by atomic mass is 16.5. The van der Waals surface area contributed by atoms with Crippen molar-refractivity contribution >= 4 is 5.97 Å². The van der Waals surface area contributed by atoms with Gasteiger partial charge >= 0.3 is 5.97 Å². The number of carboxylic acids is 1. The summed E-state index contributed by atoms with van der Waals surface area (Å²) in [5, 5.41) is 16.4. The van der Waals surface area contributed by atoms with E-state index in [9.17, 15) is 9.90 Å². The lowest BCUT2D eigenvalue weighted by atomic mass is 9.82. The van der Waals surface area contributed by atoms with Gasteiger partial charge in [0.25, 0.3) is 0 Å². The first-order chi connectivity index (χ1) is 8.46. The zero-order valence-electron chi connectivity index (χ0n) is 11.5. The van der Waals surface area contributed by atoms with Gasteiger partial charge in [0.05, 0.1) is 11.1 Å². The van der Waals surface area contributed by atoms with Crippen LogP contribution in [0.3, 0.4) is 0 Å². The lowest BCUT2D eigenvalue weighted by Gasteiger charge is -2.26. The van der Waals surface area contributed by atoms with Crippen molar-refractivity contribution in [2.24, 2.45) is 5.41 Å². The smallest absolute Gasteiger partial charge is 0.310 e. The maximum absolute atomic E-state index is 11.3. The molecular weight excluding hydrogens is 232 g/mol. The predicted octanol–water partition coefficient (Wildman–Crippen LogP) is 2.27. The molecule has 1 rings (SSSR count). The van der Waals surface area contributed by atoms with Gasteiger partial charge in [0.1, 0.15) is 5.76 Å². The molecule has 5 heteroatoms. The summed E-state index contributed by atoms with van der Waals surface area (Å²) >= 11 is 0. The Morgan fingerprint density at radius 3 is 2.39 bits per heavy atom. The predicted molar refractivity (Wildman–Crippen MR) is 68.3 cm³/mol. The van der Waals surface area contributed by atoms with E-state index in [1.165, 1.54) is 0 Å². The molecule has 1 aromatic heterocycles. The van der Waals surface area contributed by atoms with Crippen molar-refractivity contribution in [3.8, 4) is 0 Å². The topological polar surface area (TPSA) is 75.4 Å². The van der Waals surface area contributed by atoms with Crippen LogP contribution >= 0.6 is 0 Å². The summed E-state index contributed by atoms with van der Waals surface area (Å²) in [4.78, 5) is 11.3. The molecule has 0 unspecified atom stereocenters. The molecule has 0 bridgehead atoms. The largest absolute Gasteiger partial charge is 0.481 e. The van der Waals surface area contributed by atoms with Crippen molar-refractivity contribution in [3.05, 3.63) is 17.0 Å². The number of nitrogens with one attached hydrogen (secondary N) is 1. The van der Waals surface area contributed by atoms with Gasteiger partial charge in [-0.2, -0.15) is 0 Å². The Morgan fingerprint density at radius 1 is 1.39 bits per heavy atom. The van der Waals surface area contributed by atoms with Crippen LogP contribution in [0.1, 0.15) is 43.7 Å². The Hall–Kier alpha value is -1.36. The van der Waals surface area contributed by atoms with Crippen molar-refractivity contribution in [1.29, 1.82) is 0 Å². The van der Waals surface area contributed by atoms with Crippen molar-refractivity contribution in [3.63, 3.8) is 0 Å². The molecule has 0 aliphatic carbocycles. The molecule has 0 spiro atoms. The van der Waals surface area contributed by atoms with Crippen molar-refractivity contribution in [1.82, 2.24) is 10.5 Å². The number of aryl methyl sites for hydroxylation is 2. The molecule has 0 aliphatic rings. The summed E-state index contributed by atoms with van der Waals surface area (Å²) in [6.45, 7) is 8.62. The van der Waals surface area contributed by atoms with E-state index in [-0.39, 0.29) is 0 Å². The first kappa shape index (κ1) is 14.7. The minimum Gasteiger partial charge on any atom is -0.481 e. The fourth-order valence-electron chi connectivity index (χ4n) is 2.06. The van der Waals surface area contributed by atoms with Gasteiger partial charge in [0.15, 0.2) is 0 Å². The van der Waals surface area contributed by atoms with E-state index >= 15 is 0 Å². The van der Waals surface area contributed by atoms with Crippen LogP contribution in [-0.4, -0.2) is 22.8 Å². The molecule has 0 saturated carbocycles. The molecular formula is C13H22N2O3. The molecule has 0 amide bonds. The quantitative estimate of drug-likeness (QED) is 0.780. The zero-order chi connectivity index (χ0) is 13.8. The third kappa shape index (κ3) is 2.90. The molecule has 0 fully saturated rings. The summed E-state index contributed by atoms with van der Waals surface area (Å²) in [6.07, 6.45) is 1.24. The second-order valence-electron chi connectivity index (χ2n) is 4.70. The van der Waals surface area contributed by atoms with Gasteiger partial charge in [-0.15, -0.1) is 0 Å². The number of carboxylic acid groups (broad SMARTS) is 1. The fraction of sp³-hybridized carbons (Fsp3) is 0.692. The van der Waals surface area contributed by atoms with E-state index in [1.54, 1.807) is 0 Å². The highest BCUT2D eigenvalue weighted by molar-refractivity contribution is 5.74. The molecule has 102 valence electrons. The highest BCUT2D eigenvalue weighted by Crippen LogP contribution is 2.26. The molecule has 0 aliphatic heterocycles. The Bertz CT molecular complexity index is 389. The van der Waals surface area contributed by atoms with Crippen LogP contribution in [0.25, 0.3) is 0 Å². The molecule has 0 saturated heterocycles. The molecule has 0 atom stereocenters. The van der Waals surface area contributed by atoms with Gasteiger partial charge in [-0.3, -0.25) is 4.79 Å². The Labute approximate surface area is 108 Å². The number of aliphatic carboxylic acids is 1. The summed E-state index contributed by atoms with van der Waals surface area (Å²) in [7, 11) is 0. The first-order valence-electron chi connectivity index (χ1n) is 6.32. The van der Waals surface area contributed by atoms with Gasteiger partial charge < -0.3 is 14.9 Å². The van der Waals surface area contributed by atoms with Crippen LogP contribution in [0.4, 0.5) is 0 Å². The van der Waals surface area contributed by atoms with Crippen LogP contribution < -0.4 is 5.32 Å².